The Morgan fingerprint density at radius 1 is 1.11 bits per heavy atom. The Morgan fingerprint density at radius 3 is 2.66 bits per heavy atom. The number of para-hydroxylation sites is 1. The van der Waals surface area contributed by atoms with Crippen molar-refractivity contribution in [1.82, 2.24) is 20.2 Å². The molecule has 0 fully saturated rings. The number of carbonyl (C=O) groups excluding carboxylic acids is 1. The van der Waals surface area contributed by atoms with E-state index in [0.29, 0.717) is 22.5 Å². The zero-order valence-electron chi connectivity index (χ0n) is 18.8. The summed E-state index contributed by atoms with van der Waals surface area (Å²) in [6.45, 7) is 2.40. The molecule has 0 atom stereocenters. The van der Waals surface area contributed by atoms with E-state index in [1.165, 1.54) is 24.0 Å². The van der Waals surface area contributed by atoms with Gasteiger partial charge in [0, 0.05) is 22.0 Å². The Labute approximate surface area is 211 Å². The van der Waals surface area contributed by atoms with E-state index in [2.05, 4.69) is 26.0 Å². The van der Waals surface area contributed by atoms with E-state index < -0.39 is 5.82 Å². The lowest BCUT2D eigenvalue weighted by Gasteiger charge is -2.12. The predicted molar refractivity (Wildman–Crippen MR) is 138 cm³/mol. The highest BCUT2D eigenvalue weighted by atomic mass is 35.5. The number of benzene rings is 3. The van der Waals surface area contributed by atoms with Crippen LogP contribution < -0.4 is 10.7 Å². The van der Waals surface area contributed by atoms with Crippen molar-refractivity contribution in [1.29, 1.82) is 0 Å². The second-order valence-corrected chi connectivity index (χ2v) is 8.86. The van der Waals surface area contributed by atoms with E-state index in [0.717, 1.165) is 16.9 Å². The Balaban J connectivity index is 1.45. The number of thioether (sulfide) groups is 1. The average Bonchev–Trinajstić information content (AvgIpc) is 3.27. The first-order valence-electron chi connectivity index (χ1n) is 10.7. The molecule has 4 rings (SSSR count). The molecular weight excluding hydrogens is 487 g/mol. The molecule has 0 spiro atoms. The van der Waals surface area contributed by atoms with Crippen molar-refractivity contribution in [3.63, 3.8) is 0 Å². The second-order valence-electron chi connectivity index (χ2n) is 7.49. The molecule has 7 nitrogen and oxygen atoms in total. The highest BCUT2D eigenvalue weighted by Gasteiger charge is 2.16. The predicted octanol–water partition coefficient (Wildman–Crippen LogP) is 5.22. The van der Waals surface area contributed by atoms with E-state index in [1.807, 2.05) is 60.0 Å². The summed E-state index contributed by atoms with van der Waals surface area (Å²) in [5.41, 5.74) is 5.54. The van der Waals surface area contributed by atoms with Crippen molar-refractivity contribution in [2.75, 3.05) is 11.1 Å². The van der Waals surface area contributed by atoms with Crippen LogP contribution in [0.1, 0.15) is 17.0 Å². The third-order valence-electron chi connectivity index (χ3n) is 4.97. The first-order valence-corrected chi connectivity index (χ1v) is 12.1. The molecule has 0 bridgehead atoms. The first-order chi connectivity index (χ1) is 17.0. The Bertz CT molecular complexity index is 1350. The van der Waals surface area contributed by atoms with Crippen LogP contribution in [0.2, 0.25) is 5.02 Å². The molecule has 1 aromatic heterocycles. The molecule has 4 aromatic rings. The van der Waals surface area contributed by atoms with E-state index in [9.17, 15) is 9.18 Å². The van der Waals surface area contributed by atoms with E-state index in [-0.39, 0.29) is 17.2 Å². The summed E-state index contributed by atoms with van der Waals surface area (Å²) in [7, 11) is 0. The first kappa shape index (κ1) is 24.4. The summed E-state index contributed by atoms with van der Waals surface area (Å²) in [6.07, 6.45) is 1.27. The Morgan fingerprint density at radius 2 is 1.89 bits per heavy atom. The zero-order valence-corrected chi connectivity index (χ0v) is 20.4. The molecule has 1 amide bonds. The molecule has 0 aliphatic rings. The van der Waals surface area contributed by atoms with Crippen LogP contribution in [0.4, 0.5) is 10.1 Å². The molecule has 35 heavy (non-hydrogen) atoms. The number of anilines is 1. The fraction of sp³-hybridized carbons (Fsp3) is 0.120. The van der Waals surface area contributed by atoms with Crippen molar-refractivity contribution in [2.24, 2.45) is 5.10 Å². The van der Waals surface area contributed by atoms with Gasteiger partial charge in [-0.15, -0.1) is 10.2 Å². The van der Waals surface area contributed by atoms with Crippen LogP contribution >= 0.6 is 23.4 Å². The van der Waals surface area contributed by atoms with Gasteiger partial charge in [0.2, 0.25) is 0 Å². The molecule has 0 saturated carbocycles. The van der Waals surface area contributed by atoms with Crippen LogP contribution in [0, 0.1) is 12.7 Å². The Kier molecular flexibility index (Phi) is 8.12. The number of carbonyl (C=O) groups is 1. The van der Waals surface area contributed by atoms with Gasteiger partial charge in [-0.2, -0.15) is 5.10 Å². The van der Waals surface area contributed by atoms with Crippen LogP contribution in [0.15, 0.2) is 83.1 Å². The lowest BCUT2D eigenvalue weighted by molar-refractivity contribution is -0.118. The zero-order chi connectivity index (χ0) is 24.6. The second kappa shape index (κ2) is 11.6. The molecule has 2 N–H and O–H groups in total. The topological polar surface area (TPSA) is 84.2 Å². The summed E-state index contributed by atoms with van der Waals surface area (Å²) >= 11 is 7.29. The van der Waals surface area contributed by atoms with Crippen LogP contribution in [-0.4, -0.2) is 32.6 Å². The molecule has 10 heteroatoms. The number of nitrogens with one attached hydrogen (secondary N) is 2. The van der Waals surface area contributed by atoms with Crippen molar-refractivity contribution in [2.45, 2.75) is 18.6 Å². The summed E-state index contributed by atoms with van der Waals surface area (Å²) in [5.74, 6) is -0.0120. The van der Waals surface area contributed by atoms with Crippen molar-refractivity contribution in [3.8, 4) is 5.69 Å². The number of aromatic nitrogens is 3. The number of halogens is 2. The molecular formula is C25H22ClFN6OS. The number of amides is 1. The highest BCUT2D eigenvalue weighted by Crippen LogP contribution is 2.24. The van der Waals surface area contributed by atoms with Gasteiger partial charge in [0.1, 0.15) is 5.82 Å². The molecule has 0 saturated heterocycles. The molecule has 3 aromatic carbocycles. The van der Waals surface area contributed by atoms with E-state index >= 15 is 0 Å². The van der Waals surface area contributed by atoms with Crippen LogP contribution in [0.25, 0.3) is 5.69 Å². The number of rotatable bonds is 9. The van der Waals surface area contributed by atoms with Gasteiger partial charge in [0.05, 0.1) is 18.5 Å². The maximum absolute atomic E-state index is 13.7. The molecule has 0 unspecified atom stereocenters. The van der Waals surface area contributed by atoms with Crippen molar-refractivity contribution >= 4 is 41.2 Å². The monoisotopic (exact) mass is 508 g/mol. The number of hydrogen-bond acceptors (Lipinski definition) is 6. The highest BCUT2D eigenvalue weighted by molar-refractivity contribution is 7.99. The summed E-state index contributed by atoms with van der Waals surface area (Å²) in [6, 6.07) is 21.5. The summed E-state index contributed by atoms with van der Waals surface area (Å²) in [4.78, 5) is 12.3. The van der Waals surface area contributed by atoms with E-state index in [4.69, 9.17) is 11.6 Å². The van der Waals surface area contributed by atoms with Gasteiger partial charge in [-0.25, -0.2) is 9.82 Å². The minimum absolute atomic E-state index is 0.0588. The largest absolute Gasteiger partial charge is 0.378 e. The van der Waals surface area contributed by atoms with Gasteiger partial charge in [-0.1, -0.05) is 59.8 Å². The van der Waals surface area contributed by atoms with Gasteiger partial charge < -0.3 is 5.32 Å². The lowest BCUT2D eigenvalue weighted by atomic mass is 10.2. The van der Waals surface area contributed by atoms with Crippen LogP contribution in [0.5, 0.6) is 0 Å². The molecule has 0 aliphatic carbocycles. The lowest BCUT2D eigenvalue weighted by Crippen LogP contribution is -2.20. The smallest absolute Gasteiger partial charge is 0.250 e. The fourth-order valence-electron chi connectivity index (χ4n) is 3.26. The molecule has 1 heterocycles. The van der Waals surface area contributed by atoms with Gasteiger partial charge in [-0.05, 0) is 48.9 Å². The van der Waals surface area contributed by atoms with Crippen molar-refractivity contribution in [3.05, 3.63) is 101 Å². The number of hydrazone groups is 1. The normalized spacial score (nSPS) is 11.1. The van der Waals surface area contributed by atoms with Crippen LogP contribution in [-0.2, 0) is 11.3 Å². The number of hydrogen-bond donors (Lipinski definition) is 2. The maximum Gasteiger partial charge on any atom is 0.250 e. The van der Waals surface area contributed by atoms with Gasteiger partial charge in [-0.3, -0.25) is 9.36 Å². The van der Waals surface area contributed by atoms with Gasteiger partial charge >= 0.3 is 0 Å². The SMILES string of the molecule is Cc1cc(Cl)ccc1NCc1nnc(SCC(=O)N/N=C\c2ccccc2F)n1-c1ccccc1. The average molecular weight is 509 g/mol. The summed E-state index contributed by atoms with van der Waals surface area (Å²) < 4.78 is 15.6. The van der Waals surface area contributed by atoms with Gasteiger partial charge in [0.25, 0.3) is 5.91 Å². The van der Waals surface area contributed by atoms with Crippen molar-refractivity contribution < 1.29 is 9.18 Å². The molecule has 178 valence electrons. The van der Waals surface area contributed by atoms with Crippen LogP contribution in [0.3, 0.4) is 0 Å². The third kappa shape index (κ3) is 6.46. The maximum atomic E-state index is 13.7. The third-order valence-corrected chi connectivity index (χ3v) is 6.13. The standard InChI is InChI=1S/C25H22ClFN6OS/c1-17-13-19(26)11-12-22(17)28-15-23-30-32-25(33(23)20-8-3-2-4-9-20)35-16-24(34)31-29-14-18-7-5-6-10-21(18)27/h2-14,28H,15-16H2,1H3,(H,31,34)/b29-14-. The Hall–Kier alpha value is -3.69. The van der Waals surface area contributed by atoms with E-state index in [1.54, 1.807) is 18.2 Å². The fourth-order valence-corrected chi connectivity index (χ4v) is 4.25. The number of nitrogens with zero attached hydrogens (tertiary/aromatic N) is 4. The minimum atomic E-state index is -0.411. The summed E-state index contributed by atoms with van der Waals surface area (Å²) in [5, 5.41) is 17.1. The molecule has 0 aliphatic heterocycles. The number of aryl methyl sites for hydroxylation is 1. The van der Waals surface area contributed by atoms with Gasteiger partial charge in [0.15, 0.2) is 11.0 Å². The molecule has 0 radical (unpaired) electrons. The quantitative estimate of drug-likeness (QED) is 0.184. The minimum Gasteiger partial charge on any atom is -0.378 e.